The van der Waals surface area contributed by atoms with Gasteiger partial charge < -0.3 is 0 Å². The van der Waals surface area contributed by atoms with Crippen LogP contribution in [0.5, 0.6) is 0 Å². The molecule has 0 fully saturated rings. The molecule has 0 N–H and O–H groups in total. The van der Waals surface area contributed by atoms with Gasteiger partial charge in [-0.1, -0.05) is 12.1 Å². The van der Waals surface area contributed by atoms with E-state index in [1.165, 1.54) is 23.5 Å². The highest BCUT2D eigenvalue weighted by Gasteiger charge is 2.09. The van der Waals surface area contributed by atoms with Gasteiger partial charge in [-0.25, -0.2) is 9.37 Å². The average Bonchev–Trinajstić information content (AvgIpc) is 2.83. The molecule has 114 valence electrons. The lowest BCUT2D eigenvalue weighted by atomic mass is 10.2. The van der Waals surface area contributed by atoms with Gasteiger partial charge in [-0.05, 0) is 31.7 Å². The van der Waals surface area contributed by atoms with Gasteiger partial charge in [0.2, 0.25) is 0 Å². The molecule has 0 saturated carbocycles. The second-order valence-electron chi connectivity index (χ2n) is 5.38. The molecule has 6 heteroatoms. The number of rotatable bonds is 4. The number of hydrogen-bond acceptors (Lipinski definition) is 4. The molecule has 0 amide bonds. The van der Waals surface area contributed by atoms with E-state index in [2.05, 4.69) is 4.98 Å². The Kier molecular flexibility index (Phi) is 4.04. The largest absolute Gasteiger partial charge is 0.296 e. The van der Waals surface area contributed by atoms with Crippen LogP contribution in [0.3, 0.4) is 0 Å². The molecule has 2 heterocycles. The van der Waals surface area contributed by atoms with Crippen LogP contribution in [0.2, 0.25) is 0 Å². The minimum Gasteiger partial charge on any atom is -0.296 e. The number of hydrogen-bond donors (Lipinski definition) is 0. The third kappa shape index (κ3) is 3.08. The first-order valence-corrected chi connectivity index (χ1v) is 7.80. The molecule has 0 aliphatic carbocycles. The van der Waals surface area contributed by atoms with Crippen LogP contribution in [0.15, 0.2) is 40.5 Å². The van der Waals surface area contributed by atoms with E-state index < -0.39 is 0 Å². The number of aryl methyl sites for hydroxylation is 1. The molecule has 0 radical (unpaired) electrons. The van der Waals surface area contributed by atoms with Gasteiger partial charge in [-0.3, -0.25) is 14.1 Å². The van der Waals surface area contributed by atoms with E-state index in [1.807, 2.05) is 24.3 Å². The van der Waals surface area contributed by atoms with E-state index in [1.54, 1.807) is 22.6 Å². The van der Waals surface area contributed by atoms with Gasteiger partial charge >= 0.3 is 0 Å². The first kappa shape index (κ1) is 14.9. The molecule has 2 aromatic heterocycles. The minimum atomic E-state index is -0.236. The van der Waals surface area contributed by atoms with Crippen molar-refractivity contribution in [2.24, 2.45) is 0 Å². The summed E-state index contributed by atoms with van der Waals surface area (Å²) in [5, 5.41) is 1.93. The molecular formula is C16H16FN3OS. The maximum Gasteiger partial charge on any atom is 0.259 e. The van der Waals surface area contributed by atoms with Gasteiger partial charge in [-0.15, -0.1) is 11.3 Å². The molecule has 3 rings (SSSR count). The van der Waals surface area contributed by atoms with Gasteiger partial charge in [0.25, 0.3) is 5.56 Å². The highest BCUT2D eigenvalue weighted by Crippen LogP contribution is 2.13. The smallest absolute Gasteiger partial charge is 0.259 e. The van der Waals surface area contributed by atoms with Crippen LogP contribution >= 0.6 is 11.3 Å². The van der Waals surface area contributed by atoms with Crippen LogP contribution in [0, 0.1) is 12.7 Å². The topological polar surface area (TPSA) is 37.6 Å². The third-order valence-electron chi connectivity index (χ3n) is 3.43. The zero-order chi connectivity index (χ0) is 15.7. The third-order valence-corrected chi connectivity index (χ3v) is 4.37. The number of nitrogens with zero attached hydrogens (tertiary/aromatic N) is 3. The Morgan fingerprint density at radius 1 is 1.27 bits per heavy atom. The van der Waals surface area contributed by atoms with E-state index in [0.29, 0.717) is 13.1 Å². The second-order valence-corrected chi connectivity index (χ2v) is 6.22. The van der Waals surface area contributed by atoms with Gasteiger partial charge in [-0.2, -0.15) is 0 Å². The SMILES string of the molecule is Cc1csc2nc(CN(C)Cc3ccc(F)cc3)cc(=O)n12. The summed E-state index contributed by atoms with van der Waals surface area (Å²) in [4.78, 5) is 19.4. The van der Waals surface area contributed by atoms with Crippen molar-refractivity contribution in [3.05, 3.63) is 68.8 Å². The van der Waals surface area contributed by atoms with Crippen molar-refractivity contribution in [1.82, 2.24) is 14.3 Å². The van der Waals surface area contributed by atoms with Crippen molar-refractivity contribution in [1.29, 1.82) is 0 Å². The quantitative estimate of drug-likeness (QED) is 0.742. The summed E-state index contributed by atoms with van der Waals surface area (Å²) < 4.78 is 14.5. The Morgan fingerprint density at radius 3 is 2.73 bits per heavy atom. The van der Waals surface area contributed by atoms with Crippen molar-refractivity contribution in [2.75, 3.05) is 7.05 Å². The number of aromatic nitrogens is 2. The summed E-state index contributed by atoms with van der Waals surface area (Å²) in [5.74, 6) is -0.236. The van der Waals surface area contributed by atoms with Crippen molar-refractivity contribution in [2.45, 2.75) is 20.0 Å². The van der Waals surface area contributed by atoms with Crippen LogP contribution in [0.1, 0.15) is 17.0 Å². The van der Waals surface area contributed by atoms with Crippen LogP contribution in [0.25, 0.3) is 4.96 Å². The summed E-state index contributed by atoms with van der Waals surface area (Å²) in [6.45, 7) is 3.14. The Labute approximate surface area is 131 Å². The fraction of sp³-hybridized carbons (Fsp3) is 0.250. The van der Waals surface area contributed by atoms with Crippen LogP contribution in [-0.2, 0) is 13.1 Å². The van der Waals surface area contributed by atoms with E-state index in [9.17, 15) is 9.18 Å². The van der Waals surface area contributed by atoms with Crippen LogP contribution in [-0.4, -0.2) is 21.3 Å². The van der Waals surface area contributed by atoms with Crippen molar-refractivity contribution >= 4 is 16.3 Å². The van der Waals surface area contributed by atoms with Gasteiger partial charge in [0.05, 0.1) is 5.69 Å². The van der Waals surface area contributed by atoms with Crippen LogP contribution in [0.4, 0.5) is 4.39 Å². The summed E-state index contributed by atoms with van der Waals surface area (Å²) in [7, 11) is 1.95. The van der Waals surface area contributed by atoms with Crippen molar-refractivity contribution < 1.29 is 4.39 Å². The lowest BCUT2D eigenvalue weighted by Crippen LogP contribution is -2.21. The van der Waals surface area contributed by atoms with Gasteiger partial charge in [0.15, 0.2) is 4.96 Å². The molecule has 0 aliphatic heterocycles. The zero-order valence-electron chi connectivity index (χ0n) is 12.4. The molecule has 0 unspecified atom stereocenters. The maximum absolute atomic E-state index is 12.9. The first-order chi connectivity index (χ1) is 10.5. The summed E-state index contributed by atoms with van der Waals surface area (Å²) in [5.41, 5.74) is 2.63. The van der Waals surface area contributed by atoms with E-state index in [4.69, 9.17) is 0 Å². The predicted molar refractivity (Wildman–Crippen MR) is 85.6 cm³/mol. The molecule has 0 bridgehead atoms. The number of fused-ring (bicyclic) bond motifs is 1. The van der Waals surface area contributed by atoms with Gasteiger partial charge in [0, 0.05) is 30.2 Å². The van der Waals surface area contributed by atoms with Crippen molar-refractivity contribution in [3.63, 3.8) is 0 Å². The number of halogens is 1. The standard InChI is InChI=1S/C16H16FN3OS/c1-11-10-22-16-18-14(7-15(21)20(11)16)9-19(2)8-12-3-5-13(17)6-4-12/h3-7,10H,8-9H2,1-2H3. The van der Waals surface area contributed by atoms with E-state index in [0.717, 1.165) is 21.9 Å². The monoisotopic (exact) mass is 317 g/mol. The van der Waals surface area contributed by atoms with Gasteiger partial charge in [0.1, 0.15) is 5.82 Å². The molecule has 0 saturated heterocycles. The second kappa shape index (κ2) is 5.98. The summed E-state index contributed by atoms with van der Waals surface area (Å²) in [6, 6.07) is 8.01. The predicted octanol–water partition coefficient (Wildman–Crippen LogP) is 2.84. The minimum absolute atomic E-state index is 0.0473. The molecule has 0 spiro atoms. The Bertz CT molecular complexity index is 854. The molecule has 0 aliphatic rings. The molecule has 22 heavy (non-hydrogen) atoms. The fourth-order valence-corrected chi connectivity index (χ4v) is 3.31. The molecular weight excluding hydrogens is 301 g/mol. The normalized spacial score (nSPS) is 11.5. The molecule has 3 aromatic rings. The summed E-state index contributed by atoms with van der Waals surface area (Å²) >= 11 is 1.47. The van der Waals surface area contributed by atoms with E-state index in [-0.39, 0.29) is 11.4 Å². The van der Waals surface area contributed by atoms with Crippen LogP contribution < -0.4 is 5.56 Å². The highest BCUT2D eigenvalue weighted by atomic mass is 32.1. The Balaban J connectivity index is 1.77. The zero-order valence-corrected chi connectivity index (χ0v) is 13.2. The lowest BCUT2D eigenvalue weighted by molar-refractivity contribution is 0.315. The lowest BCUT2D eigenvalue weighted by Gasteiger charge is -2.16. The summed E-state index contributed by atoms with van der Waals surface area (Å²) in [6.07, 6.45) is 0. The van der Waals surface area contributed by atoms with Crippen molar-refractivity contribution in [3.8, 4) is 0 Å². The molecule has 1 aromatic carbocycles. The number of benzene rings is 1. The fourth-order valence-electron chi connectivity index (χ4n) is 2.42. The van der Waals surface area contributed by atoms with E-state index >= 15 is 0 Å². The Morgan fingerprint density at radius 2 is 2.00 bits per heavy atom. The Hall–Kier alpha value is -2.05. The molecule has 4 nitrogen and oxygen atoms in total. The first-order valence-electron chi connectivity index (χ1n) is 6.93. The average molecular weight is 317 g/mol. The maximum atomic E-state index is 12.9. The highest BCUT2D eigenvalue weighted by molar-refractivity contribution is 7.15. The number of thiazole rings is 1. The molecule has 0 atom stereocenters.